The van der Waals surface area contributed by atoms with E-state index >= 15 is 0 Å². The number of esters is 1. The SMILES string of the molecule is Nc1cc(C(=O)OCC2CCOCC2)ccc1Br. The molecule has 0 saturated carbocycles. The Hall–Kier alpha value is -1.07. The highest BCUT2D eigenvalue weighted by Crippen LogP contribution is 2.21. The molecule has 2 N–H and O–H groups in total. The second kappa shape index (κ2) is 6.20. The van der Waals surface area contributed by atoms with E-state index in [1.54, 1.807) is 18.2 Å². The van der Waals surface area contributed by atoms with Crippen LogP contribution in [0.3, 0.4) is 0 Å². The standard InChI is InChI=1S/C13H16BrNO3/c14-11-2-1-10(7-12(11)15)13(16)18-8-9-3-5-17-6-4-9/h1-2,7,9H,3-6,8,15H2. The zero-order chi connectivity index (χ0) is 13.0. The highest BCUT2D eigenvalue weighted by Gasteiger charge is 2.16. The zero-order valence-corrected chi connectivity index (χ0v) is 11.6. The molecule has 1 heterocycles. The number of hydrogen-bond donors (Lipinski definition) is 1. The number of ether oxygens (including phenoxy) is 2. The van der Waals surface area contributed by atoms with Crippen LogP contribution in [0.1, 0.15) is 23.2 Å². The van der Waals surface area contributed by atoms with Gasteiger partial charge in [-0.25, -0.2) is 4.79 Å². The maximum atomic E-state index is 11.8. The van der Waals surface area contributed by atoms with Crippen LogP contribution in [0.15, 0.2) is 22.7 Å². The van der Waals surface area contributed by atoms with Gasteiger partial charge in [-0.05, 0) is 52.9 Å². The van der Waals surface area contributed by atoms with Crippen molar-refractivity contribution in [3.8, 4) is 0 Å². The topological polar surface area (TPSA) is 61.6 Å². The van der Waals surface area contributed by atoms with Crippen LogP contribution in [0, 0.1) is 5.92 Å². The van der Waals surface area contributed by atoms with Crippen LogP contribution >= 0.6 is 15.9 Å². The Kier molecular flexibility index (Phi) is 4.60. The molecule has 0 radical (unpaired) electrons. The second-order valence-corrected chi connectivity index (χ2v) is 5.24. The first-order valence-corrected chi connectivity index (χ1v) is 6.76. The molecule has 2 rings (SSSR count). The van der Waals surface area contributed by atoms with Crippen molar-refractivity contribution < 1.29 is 14.3 Å². The van der Waals surface area contributed by atoms with Crippen LogP contribution in [-0.2, 0) is 9.47 Å². The predicted molar refractivity (Wildman–Crippen MR) is 72.4 cm³/mol. The van der Waals surface area contributed by atoms with Crippen molar-refractivity contribution in [3.05, 3.63) is 28.2 Å². The van der Waals surface area contributed by atoms with Gasteiger partial charge in [0.05, 0.1) is 12.2 Å². The Morgan fingerprint density at radius 3 is 2.83 bits per heavy atom. The minimum absolute atomic E-state index is 0.319. The molecule has 18 heavy (non-hydrogen) atoms. The predicted octanol–water partition coefficient (Wildman–Crippen LogP) is 2.61. The van der Waals surface area contributed by atoms with E-state index in [9.17, 15) is 4.79 Å². The van der Waals surface area contributed by atoms with E-state index < -0.39 is 0 Å². The third-order valence-corrected chi connectivity index (χ3v) is 3.74. The van der Waals surface area contributed by atoms with Crippen molar-refractivity contribution in [2.75, 3.05) is 25.6 Å². The molecular formula is C13H16BrNO3. The maximum Gasteiger partial charge on any atom is 0.338 e. The van der Waals surface area contributed by atoms with Crippen molar-refractivity contribution in [2.45, 2.75) is 12.8 Å². The van der Waals surface area contributed by atoms with Crippen molar-refractivity contribution in [2.24, 2.45) is 5.92 Å². The lowest BCUT2D eigenvalue weighted by Crippen LogP contribution is -2.21. The normalized spacial score (nSPS) is 16.5. The summed E-state index contributed by atoms with van der Waals surface area (Å²) in [6, 6.07) is 5.07. The van der Waals surface area contributed by atoms with Gasteiger partial charge in [0.1, 0.15) is 0 Å². The minimum atomic E-state index is -0.319. The van der Waals surface area contributed by atoms with Crippen LogP contribution in [0.5, 0.6) is 0 Å². The van der Waals surface area contributed by atoms with Gasteiger partial charge in [-0.1, -0.05) is 0 Å². The number of carbonyl (C=O) groups is 1. The van der Waals surface area contributed by atoms with Gasteiger partial charge in [-0.15, -0.1) is 0 Å². The second-order valence-electron chi connectivity index (χ2n) is 4.39. The van der Waals surface area contributed by atoms with E-state index in [4.69, 9.17) is 15.2 Å². The molecule has 1 fully saturated rings. The molecule has 1 aromatic carbocycles. The number of nitrogens with two attached hydrogens (primary N) is 1. The van der Waals surface area contributed by atoms with Crippen molar-refractivity contribution >= 4 is 27.6 Å². The monoisotopic (exact) mass is 313 g/mol. The first-order chi connectivity index (χ1) is 8.66. The maximum absolute atomic E-state index is 11.8. The number of anilines is 1. The van der Waals surface area contributed by atoms with E-state index in [1.807, 2.05) is 0 Å². The number of halogens is 1. The lowest BCUT2D eigenvalue weighted by atomic mass is 10.0. The van der Waals surface area contributed by atoms with Crippen molar-refractivity contribution in [1.29, 1.82) is 0 Å². The van der Waals surface area contributed by atoms with Crippen LogP contribution in [0.2, 0.25) is 0 Å². The van der Waals surface area contributed by atoms with Crippen LogP contribution < -0.4 is 5.73 Å². The van der Waals surface area contributed by atoms with Gasteiger partial charge in [0.2, 0.25) is 0 Å². The molecule has 0 aliphatic carbocycles. The molecule has 0 amide bonds. The lowest BCUT2D eigenvalue weighted by Gasteiger charge is -2.21. The van der Waals surface area contributed by atoms with Crippen molar-refractivity contribution in [3.63, 3.8) is 0 Å². The lowest BCUT2D eigenvalue weighted by molar-refractivity contribution is 0.0185. The van der Waals surface area contributed by atoms with Crippen LogP contribution in [0.4, 0.5) is 5.69 Å². The van der Waals surface area contributed by atoms with Gasteiger partial charge in [-0.3, -0.25) is 0 Å². The minimum Gasteiger partial charge on any atom is -0.462 e. The largest absolute Gasteiger partial charge is 0.462 e. The molecule has 1 saturated heterocycles. The summed E-state index contributed by atoms with van der Waals surface area (Å²) in [4.78, 5) is 11.8. The third kappa shape index (κ3) is 3.46. The highest BCUT2D eigenvalue weighted by atomic mass is 79.9. The number of rotatable bonds is 3. The summed E-state index contributed by atoms with van der Waals surface area (Å²) in [5.41, 5.74) is 6.75. The fourth-order valence-electron chi connectivity index (χ4n) is 1.86. The van der Waals surface area contributed by atoms with E-state index in [2.05, 4.69) is 15.9 Å². The van der Waals surface area contributed by atoms with Gasteiger partial charge in [0.15, 0.2) is 0 Å². The summed E-state index contributed by atoms with van der Waals surface area (Å²) < 4.78 is 11.3. The smallest absolute Gasteiger partial charge is 0.338 e. The number of carbonyl (C=O) groups excluding carboxylic acids is 1. The fourth-order valence-corrected chi connectivity index (χ4v) is 2.11. The number of benzene rings is 1. The molecule has 0 atom stereocenters. The van der Waals surface area contributed by atoms with Gasteiger partial charge >= 0.3 is 5.97 Å². The van der Waals surface area contributed by atoms with E-state index in [1.165, 1.54) is 0 Å². The van der Waals surface area contributed by atoms with Gasteiger partial charge in [0.25, 0.3) is 0 Å². The van der Waals surface area contributed by atoms with Crippen LogP contribution in [0.25, 0.3) is 0 Å². The average molecular weight is 314 g/mol. The summed E-state index contributed by atoms with van der Waals surface area (Å²) in [6.07, 6.45) is 1.91. The molecule has 5 heteroatoms. The molecule has 0 bridgehead atoms. The van der Waals surface area contributed by atoms with Gasteiger partial charge in [-0.2, -0.15) is 0 Å². The van der Waals surface area contributed by atoms with Crippen molar-refractivity contribution in [1.82, 2.24) is 0 Å². The van der Waals surface area contributed by atoms with E-state index in [0.717, 1.165) is 30.5 Å². The Balaban J connectivity index is 1.88. The molecule has 0 aromatic heterocycles. The third-order valence-electron chi connectivity index (χ3n) is 3.02. The molecule has 98 valence electrons. The molecule has 0 unspecified atom stereocenters. The summed E-state index contributed by atoms with van der Waals surface area (Å²) in [6.45, 7) is 1.97. The van der Waals surface area contributed by atoms with E-state index in [-0.39, 0.29) is 5.97 Å². The zero-order valence-electron chi connectivity index (χ0n) is 10.0. The first kappa shape index (κ1) is 13.4. The van der Waals surface area contributed by atoms with Crippen LogP contribution in [-0.4, -0.2) is 25.8 Å². The summed E-state index contributed by atoms with van der Waals surface area (Å²) in [5, 5.41) is 0. The number of nitrogen functional groups attached to an aromatic ring is 1. The summed E-state index contributed by atoms with van der Waals surface area (Å²) >= 11 is 3.29. The molecular weight excluding hydrogens is 298 g/mol. The Bertz CT molecular complexity index is 430. The quantitative estimate of drug-likeness (QED) is 0.688. The highest BCUT2D eigenvalue weighted by molar-refractivity contribution is 9.10. The molecule has 1 aromatic rings. The summed E-state index contributed by atoms with van der Waals surface area (Å²) in [7, 11) is 0. The van der Waals surface area contributed by atoms with Gasteiger partial charge < -0.3 is 15.2 Å². The average Bonchev–Trinajstić information content (AvgIpc) is 2.40. The number of hydrogen-bond acceptors (Lipinski definition) is 4. The molecule has 4 nitrogen and oxygen atoms in total. The Morgan fingerprint density at radius 2 is 2.17 bits per heavy atom. The molecule has 0 spiro atoms. The summed E-state index contributed by atoms with van der Waals surface area (Å²) in [5.74, 6) is 0.0937. The fraction of sp³-hybridized carbons (Fsp3) is 0.462. The molecule has 1 aliphatic heterocycles. The van der Waals surface area contributed by atoms with E-state index in [0.29, 0.717) is 23.8 Å². The Morgan fingerprint density at radius 1 is 1.44 bits per heavy atom. The first-order valence-electron chi connectivity index (χ1n) is 5.96. The van der Waals surface area contributed by atoms with Gasteiger partial charge in [0, 0.05) is 23.4 Å². The Labute approximate surface area is 115 Å². The molecule has 1 aliphatic rings.